The molecule has 2 aromatic carbocycles. The molecule has 5 nitrogen and oxygen atoms in total. The van der Waals surface area contributed by atoms with Gasteiger partial charge in [-0.25, -0.2) is 4.98 Å². The molecule has 0 spiro atoms. The molecule has 0 saturated heterocycles. The maximum absolute atomic E-state index is 4.78. The van der Waals surface area contributed by atoms with Crippen LogP contribution in [0.2, 0.25) is 0 Å². The molecule has 5 heteroatoms. The van der Waals surface area contributed by atoms with E-state index in [0.717, 1.165) is 31.0 Å². The fraction of sp³-hybridized carbons (Fsp3) is 0.238. The Kier molecular flexibility index (Phi) is 4.54. The van der Waals surface area contributed by atoms with Gasteiger partial charge in [0.1, 0.15) is 5.82 Å². The van der Waals surface area contributed by atoms with E-state index in [0.29, 0.717) is 0 Å². The van der Waals surface area contributed by atoms with Gasteiger partial charge in [0.25, 0.3) is 0 Å². The molecule has 26 heavy (non-hydrogen) atoms. The lowest BCUT2D eigenvalue weighted by molar-refractivity contribution is 0.306. The second kappa shape index (κ2) is 7.14. The monoisotopic (exact) mass is 345 g/mol. The average Bonchev–Trinajstić information content (AvgIpc) is 3.26. The van der Waals surface area contributed by atoms with Crippen molar-refractivity contribution in [3.8, 4) is 0 Å². The lowest BCUT2D eigenvalue weighted by Crippen LogP contribution is -2.20. The van der Waals surface area contributed by atoms with E-state index >= 15 is 0 Å². The van der Waals surface area contributed by atoms with E-state index in [2.05, 4.69) is 71.1 Å². The van der Waals surface area contributed by atoms with Crippen LogP contribution in [0.15, 0.2) is 67.0 Å². The fourth-order valence-corrected chi connectivity index (χ4v) is 3.36. The Morgan fingerprint density at radius 2 is 1.69 bits per heavy atom. The first kappa shape index (κ1) is 16.5. The molecule has 0 unspecified atom stereocenters. The lowest BCUT2D eigenvalue weighted by atomic mass is 10.1. The highest BCUT2D eigenvalue weighted by molar-refractivity contribution is 5.75. The number of aryl methyl sites for hydroxylation is 1. The highest BCUT2D eigenvalue weighted by Crippen LogP contribution is 2.17. The van der Waals surface area contributed by atoms with Crippen LogP contribution in [0.1, 0.15) is 17.0 Å². The minimum absolute atomic E-state index is 0.795. The SMILES string of the molecule is CN(Cc1ccccc1Cn1cccn1)Cc1nc2ccccc2n1C. The molecule has 0 aliphatic heterocycles. The molecule has 2 aromatic heterocycles. The third-order valence-corrected chi connectivity index (χ3v) is 4.74. The zero-order valence-electron chi connectivity index (χ0n) is 15.2. The van der Waals surface area contributed by atoms with E-state index in [4.69, 9.17) is 4.98 Å². The Morgan fingerprint density at radius 3 is 2.46 bits per heavy atom. The largest absolute Gasteiger partial charge is 0.330 e. The van der Waals surface area contributed by atoms with E-state index in [1.807, 2.05) is 29.2 Å². The first-order chi connectivity index (χ1) is 12.7. The van der Waals surface area contributed by atoms with Crippen molar-refractivity contribution in [2.24, 2.45) is 7.05 Å². The third kappa shape index (κ3) is 3.39. The molecule has 132 valence electrons. The third-order valence-electron chi connectivity index (χ3n) is 4.74. The molecule has 0 aliphatic carbocycles. The number of imidazole rings is 1. The molecule has 4 rings (SSSR count). The molecule has 2 heterocycles. The summed E-state index contributed by atoms with van der Waals surface area (Å²) in [5.74, 6) is 1.08. The number of benzene rings is 2. The molecular weight excluding hydrogens is 322 g/mol. The Balaban J connectivity index is 1.51. The Morgan fingerprint density at radius 1 is 0.923 bits per heavy atom. The van der Waals surface area contributed by atoms with E-state index in [1.54, 1.807) is 0 Å². The summed E-state index contributed by atoms with van der Waals surface area (Å²) in [7, 11) is 4.23. The number of para-hydroxylation sites is 2. The lowest BCUT2D eigenvalue weighted by Gasteiger charge is -2.19. The van der Waals surface area contributed by atoms with E-state index in [-0.39, 0.29) is 0 Å². The van der Waals surface area contributed by atoms with Gasteiger partial charge in [0.2, 0.25) is 0 Å². The average molecular weight is 345 g/mol. The van der Waals surface area contributed by atoms with Crippen LogP contribution >= 0.6 is 0 Å². The quantitative estimate of drug-likeness (QED) is 0.537. The van der Waals surface area contributed by atoms with Crippen LogP contribution in [0, 0.1) is 0 Å². The van der Waals surface area contributed by atoms with Crippen LogP contribution in [0.3, 0.4) is 0 Å². The van der Waals surface area contributed by atoms with Crippen LogP contribution in [0.4, 0.5) is 0 Å². The molecule has 4 aromatic rings. The van der Waals surface area contributed by atoms with Crippen molar-refractivity contribution in [2.75, 3.05) is 7.05 Å². The summed E-state index contributed by atoms with van der Waals surface area (Å²) in [6, 6.07) is 18.8. The Bertz CT molecular complexity index is 1000. The van der Waals surface area contributed by atoms with Crippen LogP contribution in [0.5, 0.6) is 0 Å². The Labute approximate surface area is 153 Å². The number of hydrogen-bond donors (Lipinski definition) is 0. The van der Waals surface area contributed by atoms with Gasteiger partial charge in [0.15, 0.2) is 0 Å². The second-order valence-electron chi connectivity index (χ2n) is 6.72. The van der Waals surface area contributed by atoms with E-state index in [1.165, 1.54) is 16.6 Å². The van der Waals surface area contributed by atoms with Crippen LogP contribution in [0.25, 0.3) is 11.0 Å². The molecule has 0 radical (unpaired) electrons. The molecule has 0 atom stereocenters. The molecule has 0 aliphatic rings. The van der Waals surface area contributed by atoms with E-state index < -0.39 is 0 Å². The number of rotatable bonds is 6. The number of aromatic nitrogens is 4. The molecular formula is C21H23N5. The molecule has 0 saturated carbocycles. The first-order valence-corrected chi connectivity index (χ1v) is 8.84. The summed E-state index contributed by atoms with van der Waals surface area (Å²) in [4.78, 5) is 7.09. The molecule has 0 amide bonds. The predicted octanol–water partition coefficient (Wildman–Crippen LogP) is 3.45. The van der Waals surface area contributed by atoms with Crippen molar-refractivity contribution in [3.63, 3.8) is 0 Å². The summed E-state index contributed by atoms with van der Waals surface area (Å²) >= 11 is 0. The van der Waals surface area contributed by atoms with Gasteiger partial charge >= 0.3 is 0 Å². The predicted molar refractivity (Wildman–Crippen MR) is 104 cm³/mol. The summed E-state index contributed by atoms with van der Waals surface area (Å²) in [5, 5.41) is 4.33. The highest BCUT2D eigenvalue weighted by Gasteiger charge is 2.11. The van der Waals surface area contributed by atoms with Crippen molar-refractivity contribution in [2.45, 2.75) is 19.6 Å². The van der Waals surface area contributed by atoms with Crippen molar-refractivity contribution >= 4 is 11.0 Å². The summed E-state index contributed by atoms with van der Waals surface area (Å²) < 4.78 is 4.14. The summed E-state index contributed by atoms with van der Waals surface area (Å²) in [6.07, 6.45) is 3.82. The zero-order chi connectivity index (χ0) is 17.9. The maximum Gasteiger partial charge on any atom is 0.123 e. The van der Waals surface area contributed by atoms with Gasteiger partial charge in [-0.05, 0) is 36.4 Å². The van der Waals surface area contributed by atoms with Gasteiger partial charge in [0.05, 0.1) is 24.1 Å². The second-order valence-corrected chi connectivity index (χ2v) is 6.72. The maximum atomic E-state index is 4.78. The summed E-state index contributed by atoms with van der Waals surface area (Å²) in [5.41, 5.74) is 4.85. The van der Waals surface area contributed by atoms with Crippen LogP contribution in [-0.4, -0.2) is 31.3 Å². The first-order valence-electron chi connectivity index (χ1n) is 8.84. The molecule has 0 bridgehead atoms. The minimum atomic E-state index is 0.795. The van der Waals surface area contributed by atoms with Crippen molar-refractivity contribution < 1.29 is 0 Å². The topological polar surface area (TPSA) is 38.9 Å². The Hall–Kier alpha value is -2.92. The van der Waals surface area contributed by atoms with E-state index in [9.17, 15) is 0 Å². The van der Waals surface area contributed by atoms with Gasteiger partial charge in [-0.15, -0.1) is 0 Å². The minimum Gasteiger partial charge on any atom is -0.330 e. The van der Waals surface area contributed by atoms with Crippen molar-refractivity contribution in [3.05, 3.63) is 83.9 Å². The van der Waals surface area contributed by atoms with Gasteiger partial charge in [0, 0.05) is 26.0 Å². The number of fused-ring (bicyclic) bond motifs is 1. The van der Waals surface area contributed by atoms with Gasteiger partial charge in [-0.1, -0.05) is 36.4 Å². The van der Waals surface area contributed by atoms with Gasteiger partial charge < -0.3 is 4.57 Å². The van der Waals surface area contributed by atoms with Crippen LogP contribution in [-0.2, 0) is 26.7 Å². The van der Waals surface area contributed by atoms with Crippen molar-refractivity contribution in [1.29, 1.82) is 0 Å². The summed E-state index contributed by atoms with van der Waals surface area (Å²) in [6.45, 7) is 2.48. The highest BCUT2D eigenvalue weighted by atomic mass is 15.3. The number of hydrogen-bond acceptors (Lipinski definition) is 3. The van der Waals surface area contributed by atoms with Gasteiger partial charge in [-0.3, -0.25) is 9.58 Å². The number of nitrogens with zero attached hydrogens (tertiary/aromatic N) is 5. The molecule has 0 N–H and O–H groups in total. The van der Waals surface area contributed by atoms with Gasteiger partial charge in [-0.2, -0.15) is 5.10 Å². The smallest absolute Gasteiger partial charge is 0.123 e. The fourth-order valence-electron chi connectivity index (χ4n) is 3.36. The normalized spacial score (nSPS) is 11.5. The standard InChI is InChI=1S/C21H23N5/c1-24(16-21-23-19-10-5-6-11-20(19)25(21)2)14-17-8-3-4-9-18(17)15-26-13-7-12-22-26/h3-13H,14-16H2,1-2H3. The van der Waals surface area contributed by atoms with Crippen molar-refractivity contribution in [1.82, 2.24) is 24.2 Å². The molecule has 0 fully saturated rings. The zero-order valence-corrected chi connectivity index (χ0v) is 15.2. The van der Waals surface area contributed by atoms with Crippen LogP contribution < -0.4 is 0 Å².